The molecule has 2 heterocycles. The average molecular weight is 412 g/mol. The van der Waals surface area contributed by atoms with Crippen LogP contribution in [0, 0.1) is 0 Å². The van der Waals surface area contributed by atoms with Gasteiger partial charge in [-0.3, -0.25) is 0 Å². The minimum absolute atomic E-state index is 0.0509. The second-order valence-electron chi connectivity index (χ2n) is 6.21. The molecule has 0 atom stereocenters. The van der Waals surface area contributed by atoms with E-state index >= 15 is 0 Å². The minimum atomic E-state index is -3.89. The summed E-state index contributed by atoms with van der Waals surface area (Å²) in [6.07, 6.45) is 2.68. The summed E-state index contributed by atoms with van der Waals surface area (Å²) in [6, 6.07) is 6.68. The van der Waals surface area contributed by atoms with Gasteiger partial charge in [-0.2, -0.15) is 4.31 Å². The molecule has 1 aromatic carbocycles. The van der Waals surface area contributed by atoms with Gasteiger partial charge in [0.05, 0.1) is 9.79 Å². The Morgan fingerprint density at radius 3 is 1.89 bits per heavy atom. The van der Waals surface area contributed by atoms with E-state index in [1.54, 1.807) is 0 Å². The van der Waals surface area contributed by atoms with Gasteiger partial charge >= 0.3 is 0 Å². The predicted octanol–water partition coefficient (Wildman–Crippen LogP) is 0.0923. The first kappa shape index (κ1) is 19.8. The van der Waals surface area contributed by atoms with Gasteiger partial charge in [-0.15, -0.1) is 0 Å². The molecule has 1 saturated heterocycles. The van der Waals surface area contributed by atoms with Crippen LogP contribution in [0.25, 0.3) is 0 Å². The number of hydrogen-bond donors (Lipinski definition) is 0. The Balaban J connectivity index is 1.81. The molecule has 146 valence electrons. The molecule has 0 aliphatic carbocycles. The van der Waals surface area contributed by atoms with Crippen molar-refractivity contribution in [1.82, 2.24) is 24.3 Å². The molecule has 0 saturated carbocycles. The summed E-state index contributed by atoms with van der Waals surface area (Å²) in [5.41, 5.74) is 0. The van der Waals surface area contributed by atoms with Gasteiger partial charge in [0.2, 0.25) is 19.9 Å². The van der Waals surface area contributed by atoms with Crippen LogP contribution in [-0.2, 0) is 19.9 Å². The molecule has 0 bridgehead atoms. The van der Waals surface area contributed by atoms with Crippen LogP contribution in [0.3, 0.4) is 0 Å². The van der Waals surface area contributed by atoms with Crippen molar-refractivity contribution in [1.29, 1.82) is 0 Å². The predicted molar refractivity (Wildman–Crippen MR) is 97.9 cm³/mol. The Bertz CT molecular complexity index is 985. The highest BCUT2D eigenvalue weighted by atomic mass is 32.2. The van der Waals surface area contributed by atoms with Crippen molar-refractivity contribution in [2.75, 3.05) is 40.3 Å². The summed E-state index contributed by atoms with van der Waals surface area (Å²) in [5.74, 6) is 0. The number of sulfone groups is 1. The lowest BCUT2D eigenvalue weighted by Gasteiger charge is -2.37. The number of rotatable bonds is 5. The van der Waals surface area contributed by atoms with Crippen LogP contribution >= 0.6 is 0 Å². The van der Waals surface area contributed by atoms with Crippen molar-refractivity contribution in [3.63, 3.8) is 0 Å². The molecule has 9 nitrogen and oxygen atoms in total. The van der Waals surface area contributed by atoms with Crippen molar-refractivity contribution in [2.24, 2.45) is 0 Å². The third-order valence-corrected chi connectivity index (χ3v) is 7.83. The van der Waals surface area contributed by atoms with Gasteiger partial charge in [0, 0.05) is 52.7 Å². The van der Waals surface area contributed by atoms with Gasteiger partial charge in [-0.05, 0) is 30.3 Å². The van der Waals surface area contributed by atoms with E-state index in [1.807, 2.05) is 19.1 Å². The van der Waals surface area contributed by atoms with Crippen LogP contribution in [-0.4, -0.2) is 81.4 Å². The van der Waals surface area contributed by atoms with Crippen molar-refractivity contribution in [3.05, 3.63) is 42.7 Å². The molecule has 3 rings (SSSR count). The summed E-state index contributed by atoms with van der Waals surface area (Å²) in [5, 5.41) is 3.68. The van der Waals surface area contributed by atoms with E-state index in [4.69, 9.17) is 0 Å². The second-order valence-corrected chi connectivity index (χ2v) is 9.99. The Morgan fingerprint density at radius 1 is 0.852 bits per heavy atom. The van der Waals surface area contributed by atoms with E-state index in [2.05, 4.69) is 15.0 Å². The summed E-state index contributed by atoms with van der Waals surface area (Å²) in [7, 11) is -3.73. The lowest BCUT2D eigenvalue weighted by Crippen LogP contribution is -2.52. The van der Waals surface area contributed by atoms with E-state index in [-0.39, 0.29) is 14.9 Å². The topological polar surface area (TPSA) is 104 Å². The highest BCUT2D eigenvalue weighted by Gasteiger charge is 2.29. The Hall–Kier alpha value is -1.92. The number of sulfonamides is 1. The first-order valence-corrected chi connectivity index (χ1v) is 11.2. The van der Waals surface area contributed by atoms with Crippen LogP contribution in [0.4, 0.5) is 0 Å². The fourth-order valence-corrected chi connectivity index (χ4v) is 5.31. The standard InChI is InChI=1S/C16H21N5O4S2/c1-19(2)20-10-12-21(13-11-20)27(24,25)15-6-4-14(5-7-15)26(22,23)16-17-8-3-9-18-16/h3-9H,10-13H2,1-2H3. The number of aromatic nitrogens is 2. The quantitative estimate of drug-likeness (QED) is 0.638. The SMILES string of the molecule is CN(C)N1CCN(S(=O)(=O)c2ccc(S(=O)(=O)c3ncccn3)cc2)CC1. The Morgan fingerprint density at radius 2 is 1.37 bits per heavy atom. The fourth-order valence-electron chi connectivity index (χ4n) is 2.79. The molecule has 0 amide bonds. The second kappa shape index (κ2) is 7.60. The van der Waals surface area contributed by atoms with E-state index in [0.717, 1.165) is 0 Å². The number of hydrogen-bond acceptors (Lipinski definition) is 8. The monoisotopic (exact) mass is 411 g/mol. The highest BCUT2D eigenvalue weighted by Crippen LogP contribution is 2.22. The maximum atomic E-state index is 12.8. The third-order valence-electron chi connectivity index (χ3n) is 4.33. The van der Waals surface area contributed by atoms with Gasteiger partial charge in [-0.1, -0.05) is 0 Å². The molecule has 11 heteroatoms. The molecule has 1 aliphatic rings. The molecule has 0 spiro atoms. The molecule has 0 radical (unpaired) electrons. The normalized spacial score (nSPS) is 17.3. The number of benzene rings is 1. The van der Waals surface area contributed by atoms with Crippen molar-refractivity contribution in [3.8, 4) is 0 Å². The zero-order valence-corrected chi connectivity index (χ0v) is 16.7. The molecular formula is C16H21N5O4S2. The first-order valence-electron chi connectivity index (χ1n) is 8.27. The maximum absolute atomic E-state index is 12.8. The largest absolute Gasteiger partial charge is 0.251 e. The van der Waals surface area contributed by atoms with E-state index in [9.17, 15) is 16.8 Å². The van der Waals surface area contributed by atoms with E-state index < -0.39 is 19.9 Å². The Kier molecular flexibility index (Phi) is 5.58. The van der Waals surface area contributed by atoms with Gasteiger partial charge in [-0.25, -0.2) is 36.8 Å². The van der Waals surface area contributed by atoms with Crippen LogP contribution in [0.5, 0.6) is 0 Å². The molecule has 0 unspecified atom stereocenters. The van der Waals surface area contributed by atoms with E-state index in [1.165, 1.54) is 47.0 Å². The van der Waals surface area contributed by atoms with Crippen LogP contribution in [0.15, 0.2) is 57.7 Å². The first-order chi connectivity index (χ1) is 12.7. The zero-order valence-electron chi connectivity index (χ0n) is 15.1. The summed E-state index contributed by atoms with van der Waals surface area (Å²) in [4.78, 5) is 7.53. The summed E-state index contributed by atoms with van der Waals surface area (Å²) < 4.78 is 52.0. The van der Waals surface area contributed by atoms with Crippen LogP contribution in [0.2, 0.25) is 0 Å². The lowest BCUT2D eigenvalue weighted by molar-refractivity contribution is -0.00203. The summed E-state index contributed by atoms with van der Waals surface area (Å²) in [6.45, 7) is 1.95. The third kappa shape index (κ3) is 4.01. The average Bonchev–Trinajstić information content (AvgIpc) is 2.69. The zero-order chi connectivity index (χ0) is 19.7. The molecule has 1 aliphatic heterocycles. The molecular weight excluding hydrogens is 390 g/mol. The number of piperazine rings is 1. The van der Waals surface area contributed by atoms with Gasteiger partial charge < -0.3 is 0 Å². The molecule has 2 aromatic rings. The molecule has 1 fully saturated rings. The maximum Gasteiger partial charge on any atom is 0.251 e. The molecule has 1 aromatic heterocycles. The minimum Gasteiger partial charge on any atom is -0.248 e. The fraction of sp³-hybridized carbons (Fsp3) is 0.375. The van der Waals surface area contributed by atoms with Gasteiger partial charge in [0.15, 0.2) is 0 Å². The lowest BCUT2D eigenvalue weighted by atomic mass is 10.4. The van der Waals surface area contributed by atoms with Crippen LogP contribution < -0.4 is 0 Å². The van der Waals surface area contributed by atoms with Crippen molar-refractivity contribution >= 4 is 19.9 Å². The van der Waals surface area contributed by atoms with Gasteiger partial charge in [0.25, 0.3) is 5.16 Å². The molecule has 27 heavy (non-hydrogen) atoms. The molecule has 0 N–H and O–H groups in total. The van der Waals surface area contributed by atoms with Crippen molar-refractivity contribution < 1.29 is 16.8 Å². The number of nitrogens with zero attached hydrogens (tertiary/aromatic N) is 5. The summed E-state index contributed by atoms with van der Waals surface area (Å²) >= 11 is 0. The van der Waals surface area contributed by atoms with Gasteiger partial charge in [0.1, 0.15) is 0 Å². The smallest absolute Gasteiger partial charge is 0.248 e. The van der Waals surface area contributed by atoms with Crippen LogP contribution in [0.1, 0.15) is 0 Å². The Labute approximate surface area is 159 Å². The van der Waals surface area contributed by atoms with Crippen molar-refractivity contribution in [2.45, 2.75) is 14.9 Å². The van der Waals surface area contributed by atoms with E-state index in [0.29, 0.717) is 26.2 Å². The number of hydrazine groups is 1. The highest BCUT2D eigenvalue weighted by molar-refractivity contribution is 7.91.